The Balaban J connectivity index is 1.73. The van der Waals surface area contributed by atoms with Gasteiger partial charge in [-0.25, -0.2) is 10.2 Å². The lowest BCUT2D eigenvalue weighted by molar-refractivity contribution is -0.147. The highest BCUT2D eigenvalue weighted by Crippen LogP contribution is 2.59. The zero-order chi connectivity index (χ0) is 12.0. The average Bonchev–Trinajstić information content (AvgIpc) is 2.23. The number of rotatable bonds is 1. The van der Waals surface area contributed by atoms with Crippen molar-refractivity contribution in [2.24, 2.45) is 28.9 Å². The molecule has 0 aromatic heterocycles. The second-order valence-corrected chi connectivity index (χ2v) is 6.14. The molecule has 4 aliphatic carbocycles. The maximum atomic E-state index is 12.2. The van der Waals surface area contributed by atoms with Crippen molar-refractivity contribution < 1.29 is 9.59 Å². The number of nitrogens with two attached hydrogens (primary N) is 1. The second-order valence-electron chi connectivity index (χ2n) is 6.14. The molecule has 5 nitrogen and oxygen atoms in total. The smallest absolute Gasteiger partial charge is 0.330 e. The van der Waals surface area contributed by atoms with Gasteiger partial charge in [0.1, 0.15) is 0 Å². The zero-order valence-corrected chi connectivity index (χ0v) is 9.87. The molecule has 0 aromatic rings. The summed E-state index contributed by atoms with van der Waals surface area (Å²) in [6, 6.07) is -0.705. The van der Waals surface area contributed by atoms with Crippen LogP contribution in [0, 0.1) is 23.2 Å². The van der Waals surface area contributed by atoms with Crippen LogP contribution in [-0.4, -0.2) is 11.9 Å². The van der Waals surface area contributed by atoms with Crippen molar-refractivity contribution in [3.63, 3.8) is 0 Å². The van der Waals surface area contributed by atoms with Crippen LogP contribution in [0.3, 0.4) is 0 Å². The molecule has 5 heteroatoms. The first kappa shape index (κ1) is 10.9. The maximum Gasteiger partial charge on any atom is 0.330 e. The normalized spacial score (nSPS) is 42.2. The summed E-state index contributed by atoms with van der Waals surface area (Å²) in [5.74, 6) is 2.14. The molecule has 4 fully saturated rings. The summed E-state index contributed by atoms with van der Waals surface area (Å²) in [6.45, 7) is 0. The number of urea groups is 1. The van der Waals surface area contributed by atoms with E-state index in [0.717, 1.165) is 37.0 Å². The summed E-state index contributed by atoms with van der Waals surface area (Å²) in [7, 11) is 0. The Labute approximate surface area is 100 Å². The van der Waals surface area contributed by atoms with Gasteiger partial charge in [-0.05, 0) is 56.3 Å². The standard InChI is InChI=1S/C12H19N3O2/c13-11(17)15-14-10(16)12-4-7-1-8(5-12)3-9(2-7)6-12/h7-9H,1-6H2,(H,14,16)(H3,13,15,17). The quantitative estimate of drug-likeness (QED) is 0.592. The van der Waals surface area contributed by atoms with E-state index in [1.165, 1.54) is 19.3 Å². The van der Waals surface area contributed by atoms with Gasteiger partial charge in [0.25, 0.3) is 0 Å². The number of hydrogen-bond donors (Lipinski definition) is 3. The van der Waals surface area contributed by atoms with Gasteiger partial charge in [0.05, 0.1) is 5.41 Å². The van der Waals surface area contributed by atoms with Gasteiger partial charge < -0.3 is 5.73 Å². The molecule has 0 spiro atoms. The molecule has 4 rings (SSSR count). The van der Waals surface area contributed by atoms with Crippen LogP contribution in [0.15, 0.2) is 0 Å². The highest BCUT2D eigenvalue weighted by molar-refractivity contribution is 5.85. The minimum absolute atomic E-state index is 0.0320. The largest absolute Gasteiger partial charge is 0.350 e. The summed E-state index contributed by atoms with van der Waals surface area (Å²) in [5.41, 5.74) is 9.43. The Morgan fingerprint density at radius 1 is 0.941 bits per heavy atom. The van der Waals surface area contributed by atoms with E-state index in [2.05, 4.69) is 10.9 Å². The van der Waals surface area contributed by atoms with Crippen molar-refractivity contribution in [2.45, 2.75) is 38.5 Å². The van der Waals surface area contributed by atoms with E-state index >= 15 is 0 Å². The van der Waals surface area contributed by atoms with Crippen LogP contribution in [0.5, 0.6) is 0 Å². The lowest BCUT2D eigenvalue weighted by atomic mass is 9.49. The third-order valence-electron chi connectivity index (χ3n) is 4.82. The predicted molar refractivity (Wildman–Crippen MR) is 61.5 cm³/mol. The molecule has 0 heterocycles. The van der Waals surface area contributed by atoms with Crippen LogP contribution < -0.4 is 16.6 Å². The molecule has 0 unspecified atom stereocenters. The fourth-order valence-electron chi connectivity index (χ4n) is 4.64. The molecule has 4 aliphatic rings. The first-order chi connectivity index (χ1) is 8.07. The molecule has 17 heavy (non-hydrogen) atoms. The Morgan fingerprint density at radius 3 is 1.82 bits per heavy atom. The lowest BCUT2D eigenvalue weighted by Crippen LogP contribution is -2.57. The van der Waals surface area contributed by atoms with E-state index in [1.54, 1.807) is 0 Å². The van der Waals surface area contributed by atoms with Crippen LogP contribution in [-0.2, 0) is 4.79 Å². The summed E-state index contributed by atoms with van der Waals surface area (Å²) in [5, 5.41) is 0. The van der Waals surface area contributed by atoms with Crippen LogP contribution in [0.4, 0.5) is 4.79 Å². The number of carbonyl (C=O) groups excluding carboxylic acids is 2. The minimum atomic E-state index is -0.705. The predicted octanol–water partition coefficient (Wildman–Crippen LogP) is 0.902. The highest BCUT2D eigenvalue weighted by Gasteiger charge is 2.54. The monoisotopic (exact) mass is 237 g/mol. The second kappa shape index (κ2) is 3.62. The van der Waals surface area contributed by atoms with E-state index in [0.29, 0.717) is 0 Å². The Hall–Kier alpha value is -1.26. The molecule has 0 aromatic carbocycles. The molecule has 3 amide bonds. The zero-order valence-electron chi connectivity index (χ0n) is 9.87. The Morgan fingerprint density at radius 2 is 1.41 bits per heavy atom. The van der Waals surface area contributed by atoms with Gasteiger partial charge in [-0.3, -0.25) is 10.2 Å². The first-order valence-corrected chi connectivity index (χ1v) is 6.43. The number of amides is 3. The molecule has 4 bridgehead atoms. The van der Waals surface area contributed by atoms with E-state index in [-0.39, 0.29) is 11.3 Å². The summed E-state index contributed by atoms with van der Waals surface area (Å²) >= 11 is 0. The van der Waals surface area contributed by atoms with Crippen LogP contribution in [0.1, 0.15) is 38.5 Å². The summed E-state index contributed by atoms with van der Waals surface area (Å²) in [4.78, 5) is 22.8. The fraction of sp³-hybridized carbons (Fsp3) is 0.833. The number of hydrogen-bond acceptors (Lipinski definition) is 2. The summed E-state index contributed by atoms with van der Waals surface area (Å²) < 4.78 is 0. The van der Waals surface area contributed by atoms with Gasteiger partial charge in [0.2, 0.25) is 5.91 Å². The van der Waals surface area contributed by atoms with Gasteiger partial charge in [-0.15, -0.1) is 0 Å². The van der Waals surface area contributed by atoms with Gasteiger partial charge in [0.15, 0.2) is 0 Å². The number of hydrazine groups is 1. The van der Waals surface area contributed by atoms with E-state index in [4.69, 9.17) is 5.73 Å². The summed E-state index contributed by atoms with van der Waals surface area (Å²) in [6.07, 6.45) is 6.88. The SMILES string of the molecule is NC(=O)NNC(=O)C12CC3CC(CC(C3)C1)C2. The fourth-order valence-corrected chi connectivity index (χ4v) is 4.64. The molecule has 0 radical (unpaired) electrons. The minimum Gasteiger partial charge on any atom is -0.350 e. The average molecular weight is 237 g/mol. The van der Waals surface area contributed by atoms with Crippen molar-refractivity contribution in [1.82, 2.24) is 10.9 Å². The van der Waals surface area contributed by atoms with Gasteiger partial charge in [-0.2, -0.15) is 0 Å². The van der Waals surface area contributed by atoms with Gasteiger partial charge >= 0.3 is 6.03 Å². The van der Waals surface area contributed by atoms with Crippen LogP contribution in [0.2, 0.25) is 0 Å². The first-order valence-electron chi connectivity index (χ1n) is 6.43. The van der Waals surface area contributed by atoms with Crippen LogP contribution in [0.25, 0.3) is 0 Å². The maximum absolute atomic E-state index is 12.2. The molecular weight excluding hydrogens is 218 g/mol. The molecule has 0 saturated heterocycles. The third-order valence-corrected chi connectivity index (χ3v) is 4.82. The van der Waals surface area contributed by atoms with Crippen molar-refractivity contribution in [3.05, 3.63) is 0 Å². The molecule has 0 atom stereocenters. The topological polar surface area (TPSA) is 84.2 Å². The molecule has 0 aliphatic heterocycles. The number of carbonyl (C=O) groups is 2. The van der Waals surface area contributed by atoms with E-state index in [1.807, 2.05) is 0 Å². The number of nitrogens with one attached hydrogen (secondary N) is 2. The Bertz CT molecular complexity index is 331. The molecule has 94 valence electrons. The molecule has 4 saturated carbocycles. The van der Waals surface area contributed by atoms with Gasteiger partial charge in [-0.1, -0.05) is 0 Å². The highest BCUT2D eigenvalue weighted by atomic mass is 16.2. The lowest BCUT2D eigenvalue weighted by Gasteiger charge is -2.55. The van der Waals surface area contributed by atoms with Crippen molar-refractivity contribution >= 4 is 11.9 Å². The van der Waals surface area contributed by atoms with Crippen molar-refractivity contribution in [1.29, 1.82) is 0 Å². The molecule has 4 N–H and O–H groups in total. The van der Waals surface area contributed by atoms with E-state index < -0.39 is 6.03 Å². The van der Waals surface area contributed by atoms with Gasteiger partial charge in [0, 0.05) is 0 Å². The molecular formula is C12H19N3O2. The number of primary amides is 1. The van der Waals surface area contributed by atoms with Crippen molar-refractivity contribution in [3.8, 4) is 0 Å². The van der Waals surface area contributed by atoms with E-state index in [9.17, 15) is 9.59 Å². The van der Waals surface area contributed by atoms with Crippen molar-refractivity contribution in [2.75, 3.05) is 0 Å². The third kappa shape index (κ3) is 1.77. The van der Waals surface area contributed by atoms with Crippen LogP contribution >= 0.6 is 0 Å². The Kier molecular flexibility index (Phi) is 2.31.